The number of hydrogen-bond donors (Lipinski definition) is 0. The molecule has 0 N–H and O–H groups in total. The van der Waals surface area contributed by atoms with Gasteiger partial charge in [0.25, 0.3) is 0 Å². The Morgan fingerprint density at radius 3 is 2.85 bits per heavy atom. The van der Waals surface area contributed by atoms with Crippen molar-refractivity contribution in [2.45, 2.75) is 46.0 Å². The molecule has 1 aliphatic carbocycles. The monoisotopic (exact) mass is 336 g/mol. The number of ether oxygens (including phenoxy) is 1. The van der Waals surface area contributed by atoms with Gasteiger partial charge in [-0.15, -0.1) is 0 Å². The summed E-state index contributed by atoms with van der Waals surface area (Å²) in [6.45, 7) is 9.00. The lowest BCUT2D eigenvalue weighted by atomic mass is 9.67. The number of aryl methyl sites for hydroxylation is 1. The van der Waals surface area contributed by atoms with Crippen molar-refractivity contribution in [3.8, 4) is 5.75 Å². The van der Waals surface area contributed by atoms with E-state index >= 15 is 0 Å². The highest BCUT2D eigenvalue weighted by Gasteiger charge is 2.31. The van der Waals surface area contributed by atoms with Gasteiger partial charge in [-0.25, -0.2) is 0 Å². The van der Waals surface area contributed by atoms with Crippen LogP contribution < -0.4 is 4.74 Å². The quantitative estimate of drug-likeness (QED) is 0.634. The van der Waals surface area contributed by atoms with E-state index in [0.717, 1.165) is 22.6 Å². The fourth-order valence-corrected chi connectivity index (χ4v) is 4.13. The van der Waals surface area contributed by atoms with E-state index in [1.165, 1.54) is 36.8 Å². The van der Waals surface area contributed by atoms with E-state index in [-0.39, 0.29) is 0 Å². The van der Waals surface area contributed by atoms with E-state index in [4.69, 9.17) is 4.74 Å². The Balaban J connectivity index is 2.08. The highest BCUT2D eigenvalue weighted by atomic mass is 79.9. The molecule has 1 aromatic rings. The molecular formula is C18H25BrO. The zero-order valence-corrected chi connectivity index (χ0v) is 14.4. The van der Waals surface area contributed by atoms with Gasteiger partial charge in [-0.2, -0.15) is 0 Å². The van der Waals surface area contributed by atoms with Crippen molar-refractivity contribution in [2.75, 3.05) is 7.11 Å². The van der Waals surface area contributed by atoms with Crippen LogP contribution in [0.5, 0.6) is 5.75 Å². The number of benzene rings is 1. The molecule has 0 saturated heterocycles. The van der Waals surface area contributed by atoms with Gasteiger partial charge in [0.15, 0.2) is 0 Å². The summed E-state index contributed by atoms with van der Waals surface area (Å²) in [5, 5.41) is 0. The maximum absolute atomic E-state index is 5.48. The molecule has 0 aromatic heterocycles. The van der Waals surface area contributed by atoms with Crippen molar-refractivity contribution < 1.29 is 4.74 Å². The van der Waals surface area contributed by atoms with Crippen LogP contribution in [-0.2, 0) is 6.42 Å². The molecule has 0 aliphatic heterocycles. The number of allylic oxidation sites excluding steroid dienone is 1. The third-order valence-corrected chi connectivity index (χ3v) is 4.89. The summed E-state index contributed by atoms with van der Waals surface area (Å²) in [5.41, 5.74) is 3.11. The Morgan fingerprint density at radius 1 is 1.45 bits per heavy atom. The molecule has 0 bridgehead atoms. The van der Waals surface area contributed by atoms with E-state index in [2.05, 4.69) is 42.4 Å². The summed E-state index contributed by atoms with van der Waals surface area (Å²) in [4.78, 5) is 0. The second kappa shape index (κ2) is 6.34. The Bertz CT molecular complexity index is 494. The largest absolute Gasteiger partial charge is 0.496 e. The lowest BCUT2D eigenvalue weighted by Gasteiger charge is -2.38. The van der Waals surface area contributed by atoms with Gasteiger partial charge in [-0.05, 0) is 67.2 Å². The van der Waals surface area contributed by atoms with Crippen LogP contribution in [0.15, 0.2) is 34.8 Å². The molecule has 0 spiro atoms. The Hall–Kier alpha value is -0.760. The molecule has 2 atom stereocenters. The van der Waals surface area contributed by atoms with Gasteiger partial charge in [0, 0.05) is 4.47 Å². The summed E-state index contributed by atoms with van der Waals surface area (Å²) < 4.78 is 6.60. The maximum Gasteiger partial charge on any atom is 0.122 e. The molecule has 1 fully saturated rings. The van der Waals surface area contributed by atoms with Crippen molar-refractivity contribution >= 4 is 15.9 Å². The lowest BCUT2D eigenvalue weighted by Crippen LogP contribution is -2.26. The minimum Gasteiger partial charge on any atom is -0.496 e. The topological polar surface area (TPSA) is 9.23 Å². The summed E-state index contributed by atoms with van der Waals surface area (Å²) >= 11 is 3.55. The van der Waals surface area contributed by atoms with E-state index in [1.807, 2.05) is 12.1 Å². The van der Waals surface area contributed by atoms with Gasteiger partial charge >= 0.3 is 0 Å². The third kappa shape index (κ3) is 3.88. The molecule has 0 amide bonds. The van der Waals surface area contributed by atoms with Crippen LogP contribution >= 0.6 is 15.9 Å². The highest BCUT2D eigenvalue weighted by Crippen LogP contribution is 2.44. The molecule has 1 aromatic carbocycles. The first-order valence-electron chi connectivity index (χ1n) is 7.41. The number of hydrogen-bond acceptors (Lipinski definition) is 1. The van der Waals surface area contributed by atoms with Crippen molar-refractivity contribution in [3.63, 3.8) is 0 Å². The van der Waals surface area contributed by atoms with Crippen LogP contribution in [-0.4, -0.2) is 7.11 Å². The van der Waals surface area contributed by atoms with E-state index in [0.29, 0.717) is 5.41 Å². The predicted octanol–water partition coefficient (Wildman–Crippen LogP) is 5.77. The molecule has 0 heterocycles. The smallest absolute Gasteiger partial charge is 0.122 e. The van der Waals surface area contributed by atoms with Gasteiger partial charge < -0.3 is 4.74 Å². The molecule has 2 heteroatoms. The molecule has 0 radical (unpaired) electrons. The van der Waals surface area contributed by atoms with Crippen molar-refractivity contribution in [2.24, 2.45) is 11.3 Å². The summed E-state index contributed by atoms with van der Waals surface area (Å²) in [6.07, 6.45) is 5.95. The standard InChI is InChI=1S/C18H25BrO/c1-13-9-14(2)12-18(3,11-13)8-7-15-10-16(19)5-6-17(15)20-4/h5-6,10,14H,1,7-9,11-12H2,2-4H3. The first kappa shape index (κ1) is 15.6. The predicted molar refractivity (Wildman–Crippen MR) is 89.3 cm³/mol. The van der Waals surface area contributed by atoms with Crippen molar-refractivity contribution in [1.29, 1.82) is 0 Å². The molecule has 1 saturated carbocycles. The maximum atomic E-state index is 5.48. The van der Waals surface area contributed by atoms with E-state index < -0.39 is 0 Å². The number of rotatable bonds is 4. The molecule has 1 aliphatic rings. The van der Waals surface area contributed by atoms with Crippen LogP contribution in [0.2, 0.25) is 0 Å². The highest BCUT2D eigenvalue weighted by molar-refractivity contribution is 9.10. The molecule has 110 valence electrons. The Morgan fingerprint density at radius 2 is 2.20 bits per heavy atom. The zero-order chi connectivity index (χ0) is 14.8. The minimum absolute atomic E-state index is 0.391. The Kier molecular flexibility index (Phi) is 4.95. The Labute approximate surface area is 131 Å². The SMILES string of the molecule is C=C1CC(C)CC(C)(CCc2cc(Br)ccc2OC)C1. The minimum atomic E-state index is 0.391. The van der Waals surface area contributed by atoms with E-state index in [1.54, 1.807) is 7.11 Å². The van der Waals surface area contributed by atoms with Gasteiger partial charge in [-0.3, -0.25) is 0 Å². The first-order valence-corrected chi connectivity index (χ1v) is 8.20. The number of halogens is 1. The van der Waals surface area contributed by atoms with Gasteiger partial charge in [0.05, 0.1) is 7.11 Å². The fourth-order valence-electron chi connectivity index (χ4n) is 3.72. The summed E-state index contributed by atoms with van der Waals surface area (Å²) in [5.74, 6) is 1.77. The van der Waals surface area contributed by atoms with Gasteiger partial charge in [-0.1, -0.05) is 41.9 Å². The molecular weight excluding hydrogens is 312 g/mol. The fraction of sp³-hybridized carbons (Fsp3) is 0.556. The van der Waals surface area contributed by atoms with Crippen LogP contribution in [0.25, 0.3) is 0 Å². The summed E-state index contributed by atoms with van der Waals surface area (Å²) in [6, 6.07) is 6.27. The van der Waals surface area contributed by atoms with Crippen LogP contribution in [0, 0.1) is 11.3 Å². The van der Waals surface area contributed by atoms with E-state index in [9.17, 15) is 0 Å². The second-order valence-corrected chi connectivity index (χ2v) is 7.62. The normalized spacial score (nSPS) is 26.6. The second-order valence-electron chi connectivity index (χ2n) is 6.71. The zero-order valence-electron chi connectivity index (χ0n) is 12.8. The molecule has 2 unspecified atom stereocenters. The molecule has 20 heavy (non-hydrogen) atoms. The van der Waals surface area contributed by atoms with Crippen molar-refractivity contribution in [3.05, 3.63) is 40.4 Å². The first-order chi connectivity index (χ1) is 9.42. The third-order valence-electron chi connectivity index (χ3n) is 4.40. The average molecular weight is 337 g/mol. The van der Waals surface area contributed by atoms with Crippen LogP contribution in [0.4, 0.5) is 0 Å². The van der Waals surface area contributed by atoms with Gasteiger partial charge in [0.1, 0.15) is 5.75 Å². The molecule has 1 nitrogen and oxygen atoms in total. The van der Waals surface area contributed by atoms with Crippen molar-refractivity contribution in [1.82, 2.24) is 0 Å². The summed E-state index contributed by atoms with van der Waals surface area (Å²) in [7, 11) is 1.75. The van der Waals surface area contributed by atoms with Crippen LogP contribution in [0.1, 0.15) is 45.1 Å². The lowest BCUT2D eigenvalue weighted by molar-refractivity contribution is 0.193. The van der Waals surface area contributed by atoms with Gasteiger partial charge in [0.2, 0.25) is 0 Å². The van der Waals surface area contributed by atoms with Crippen LogP contribution in [0.3, 0.4) is 0 Å². The average Bonchev–Trinajstić information content (AvgIpc) is 2.35. The molecule has 2 rings (SSSR count). The number of methoxy groups -OCH3 is 1.